The van der Waals surface area contributed by atoms with Gasteiger partial charge in [0.2, 0.25) is 15.2 Å². The number of aryl methyl sites for hydroxylation is 1. The van der Waals surface area contributed by atoms with Crippen LogP contribution in [0.1, 0.15) is 16.1 Å². The van der Waals surface area contributed by atoms with E-state index in [-0.39, 0.29) is 15.6 Å². The first-order valence-electron chi connectivity index (χ1n) is 7.56. The summed E-state index contributed by atoms with van der Waals surface area (Å²) >= 11 is 1.07. The molecule has 0 spiro atoms. The second-order valence-corrected chi connectivity index (χ2v) is 7.98. The molecule has 0 aliphatic carbocycles. The average molecular weight is 405 g/mol. The third-order valence-corrected chi connectivity index (χ3v) is 5.27. The maximum Gasteiger partial charge on any atom is 0.295 e. The molecule has 0 fully saturated rings. The molecule has 2 heterocycles. The summed E-state index contributed by atoms with van der Waals surface area (Å²) in [5.74, 6) is -0.461. The largest absolute Gasteiger partial charge is 0.472 e. The number of hydrogen-bond donors (Lipinski definition) is 2. The fourth-order valence-corrected chi connectivity index (χ4v) is 3.44. The van der Waals surface area contributed by atoms with Crippen molar-refractivity contribution in [2.75, 3.05) is 12.4 Å². The lowest BCUT2D eigenvalue weighted by molar-refractivity contribution is 0.102. The van der Waals surface area contributed by atoms with Crippen molar-refractivity contribution in [3.63, 3.8) is 0 Å². The summed E-state index contributed by atoms with van der Waals surface area (Å²) in [6.45, 7) is 1.77. The summed E-state index contributed by atoms with van der Waals surface area (Å²) < 4.78 is 28.2. The molecule has 3 aromatic rings. The molecular weight excluding hydrogens is 390 g/mol. The van der Waals surface area contributed by atoms with Crippen molar-refractivity contribution >= 4 is 32.4 Å². The van der Waals surface area contributed by atoms with E-state index in [4.69, 9.17) is 9.88 Å². The number of benzene rings is 1. The van der Waals surface area contributed by atoms with E-state index >= 15 is 0 Å². The Kier molecular flexibility index (Phi) is 5.17. The van der Waals surface area contributed by atoms with Gasteiger partial charge in [0.05, 0.1) is 17.6 Å². The standard InChI is InChI=1S/C16H15N5O4S2/c1-9-6-12(10-4-3-5-11(7-10)27(17,23)24)13(8-18-9)14(22)19-15-20-21-16(25-2)26-15/h3-8H,1-2H3,(H2,17,23,24)(H,19,20,22). The lowest BCUT2D eigenvalue weighted by Crippen LogP contribution is -2.14. The quantitative estimate of drug-likeness (QED) is 0.660. The zero-order valence-corrected chi connectivity index (χ0v) is 16.0. The average Bonchev–Trinajstić information content (AvgIpc) is 3.08. The molecule has 9 nitrogen and oxygen atoms in total. The number of amides is 1. The lowest BCUT2D eigenvalue weighted by Gasteiger charge is -2.11. The van der Waals surface area contributed by atoms with Crippen LogP contribution in [0.15, 0.2) is 41.4 Å². The first-order valence-corrected chi connectivity index (χ1v) is 9.93. The highest BCUT2D eigenvalue weighted by Crippen LogP contribution is 2.28. The van der Waals surface area contributed by atoms with E-state index in [1.165, 1.54) is 25.4 Å². The zero-order valence-electron chi connectivity index (χ0n) is 14.3. The van der Waals surface area contributed by atoms with Gasteiger partial charge >= 0.3 is 0 Å². The number of hydrogen-bond acceptors (Lipinski definition) is 8. The van der Waals surface area contributed by atoms with Crippen LogP contribution >= 0.6 is 11.3 Å². The Morgan fingerprint density at radius 1 is 1.26 bits per heavy atom. The molecule has 27 heavy (non-hydrogen) atoms. The zero-order chi connectivity index (χ0) is 19.6. The summed E-state index contributed by atoms with van der Waals surface area (Å²) in [5, 5.41) is 16.0. The van der Waals surface area contributed by atoms with Crippen LogP contribution in [0.3, 0.4) is 0 Å². The first kappa shape index (κ1) is 18.9. The van der Waals surface area contributed by atoms with Crippen LogP contribution in [0, 0.1) is 6.92 Å². The minimum Gasteiger partial charge on any atom is -0.472 e. The van der Waals surface area contributed by atoms with Gasteiger partial charge in [0.1, 0.15) is 0 Å². The van der Waals surface area contributed by atoms with E-state index in [9.17, 15) is 13.2 Å². The predicted molar refractivity (Wildman–Crippen MR) is 100 cm³/mol. The predicted octanol–water partition coefficient (Wildman–Crippen LogP) is 1.82. The number of carbonyl (C=O) groups is 1. The van der Waals surface area contributed by atoms with Gasteiger partial charge in [-0.3, -0.25) is 15.1 Å². The second-order valence-electron chi connectivity index (χ2n) is 5.48. The van der Waals surface area contributed by atoms with E-state index in [0.717, 1.165) is 11.3 Å². The molecule has 140 valence electrons. The maximum absolute atomic E-state index is 12.7. The van der Waals surface area contributed by atoms with Crippen LogP contribution < -0.4 is 15.2 Å². The van der Waals surface area contributed by atoms with Crippen molar-refractivity contribution < 1.29 is 17.9 Å². The maximum atomic E-state index is 12.7. The molecule has 11 heteroatoms. The number of sulfonamides is 1. The molecule has 0 aliphatic rings. The van der Waals surface area contributed by atoms with Gasteiger partial charge in [-0.2, -0.15) is 0 Å². The fraction of sp³-hybridized carbons (Fsp3) is 0.125. The van der Waals surface area contributed by atoms with E-state index in [1.807, 2.05) is 0 Å². The third-order valence-electron chi connectivity index (χ3n) is 3.56. The van der Waals surface area contributed by atoms with Gasteiger partial charge in [-0.05, 0) is 47.6 Å². The highest BCUT2D eigenvalue weighted by Gasteiger charge is 2.18. The minimum atomic E-state index is -3.87. The molecule has 0 saturated carbocycles. The Balaban J connectivity index is 2.02. The Hall–Kier alpha value is -2.89. The third kappa shape index (κ3) is 4.27. The van der Waals surface area contributed by atoms with Crippen molar-refractivity contribution in [2.45, 2.75) is 11.8 Å². The minimum absolute atomic E-state index is 0.0466. The van der Waals surface area contributed by atoms with Crippen molar-refractivity contribution in [1.82, 2.24) is 15.2 Å². The van der Waals surface area contributed by atoms with Crippen molar-refractivity contribution in [3.05, 3.63) is 47.8 Å². The number of nitrogens with one attached hydrogen (secondary N) is 1. The van der Waals surface area contributed by atoms with E-state index < -0.39 is 15.9 Å². The number of pyridine rings is 1. The number of primary sulfonamides is 1. The topological polar surface area (TPSA) is 137 Å². The highest BCUT2D eigenvalue weighted by molar-refractivity contribution is 7.89. The van der Waals surface area contributed by atoms with Gasteiger partial charge < -0.3 is 4.74 Å². The normalized spacial score (nSPS) is 11.2. The molecule has 0 saturated heterocycles. The molecule has 0 aliphatic heterocycles. The number of aromatic nitrogens is 3. The number of carbonyl (C=O) groups excluding carboxylic acids is 1. The van der Waals surface area contributed by atoms with Crippen LogP contribution in [0.2, 0.25) is 0 Å². The summed E-state index contributed by atoms with van der Waals surface area (Å²) in [4.78, 5) is 16.8. The highest BCUT2D eigenvalue weighted by atomic mass is 32.2. The van der Waals surface area contributed by atoms with Crippen LogP contribution in [0.25, 0.3) is 11.1 Å². The summed E-state index contributed by atoms with van der Waals surface area (Å²) in [6.07, 6.45) is 1.42. The van der Waals surface area contributed by atoms with Crippen LogP contribution in [-0.4, -0.2) is 36.6 Å². The summed E-state index contributed by atoms with van der Waals surface area (Å²) in [7, 11) is -2.42. The molecule has 0 atom stereocenters. The van der Waals surface area contributed by atoms with Crippen molar-refractivity contribution in [2.24, 2.45) is 5.14 Å². The monoisotopic (exact) mass is 405 g/mol. The molecule has 0 unspecified atom stereocenters. The molecule has 3 rings (SSSR count). The Bertz CT molecular complexity index is 1110. The molecule has 0 radical (unpaired) electrons. The molecule has 1 aromatic carbocycles. The van der Waals surface area contributed by atoms with Crippen LogP contribution in [-0.2, 0) is 10.0 Å². The SMILES string of the molecule is COc1nnc(NC(=O)c2cnc(C)cc2-c2cccc(S(N)(=O)=O)c2)s1. The Morgan fingerprint density at radius 3 is 2.70 bits per heavy atom. The molecule has 2 aromatic heterocycles. The van der Waals surface area contributed by atoms with Crippen LogP contribution in [0.4, 0.5) is 5.13 Å². The van der Waals surface area contributed by atoms with Crippen molar-refractivity contribution in [1.29, 1.82) is 0 Å². The van der Waals surface area contributed by atoms with Gasteiger partial charge in [-0.25, -0.2) is 13.6 Å². The van der Waals surface area contributed by atoms with Gasteiger partial charge in [0.15, 0.2) is 0 Å². The lowest BCUT2D eigenvalue weighted by atomic mass is 10.0. The van der Waals surface area contributed by atoms with Gasteiger partial charge in [-0.15, -0.1) is 5.10 Å². The number of methoxy groups -OCH3 is 1. The smallest absolute Gasteiger partial charge is 0.295 e. The Morgan fingerprint density at radius 2 is 2.04 bits per heavy atom. The number of ether oxygens (including phenoxy) is 1. The van der Waals surface area contributed by atoms with Gasteiger partial charge in [0.25, 0.3) is 11.1 Å². The number of nitrogens with two attached hydrogens (primary N) is 1. The van der Waals surface area contributed by atoms with E-state index in [0.29, 0.717) is 22.0 Å². The molecule has 0 bridgehead atoms. The molecule has 1 amide bonds. The second kappa shape index (κ2) is 7.39. The first-order chi connectivity index (χ1) is 12.8. The summed E-state index contributed by atoms with van der Waals surface area (Å²) in [6, 6.07) is 7.74. The van der Waals surface area contributed by atoms with Crippen LogP contribution in [0.5, 0.6) is 5.19 Å². The van der Waals surface area contributed by atoms with Gasteiger partial charge in [0, 0.05) is 11.9 Å². The van der Waals surface area contributed by atoms with Gasteiger partial charge in [-0.1, -0.05) is 17.2 Å². The number of rotatable bonds is 5. The molecular formula is C16H15N5O4S2. The van der Waals surface area contributed by atoms with Crippen molar-refractivity contribution in [3.8, 4) is 16.3 Å². The Labute approximate surface area is 159 Å². The van der Waals surface area contributed by atoms with E-state index in [1.54, 1.807) is 25.1 Å². The van der Waals surface area contributed by atoms with E-state index in [2.05, 4.69) is 20.5 Å². The fourth-order valence-electron chi connectivity index (χ4n) is 2.33. The summed E-state index contributed by atoms with van der Waals surface area (Å²) in [5.41, 5.74) is 1.95. The molecule has 3 N–H and O–H groups in total. The number of nitrogens with zero attached hydrogens (tertiary/aromatic N) is 3. The number of anilines is 1.